The molecule has 0 fully saturated rings. The maximum Gasteiger partial charge on any atom is 0.164 e. The summed E-state index contributed by atoms with van der Waals surface area (Å²) in [7, 11) is 0. The van der Waals surface area contributed by atoms with E-state index in [4.69, 9.17) is 5.73 Å². The molecule has 0 bridgehead atoms. The topological polar surface area (TPSA) is 56.7 Å². The molecule has 2 heterocycles. The first-order chi connectivity index (χ1) is 7.84. The maximum atomic E-state index is 5.98. The van der Waals surface area contributed by atoms with E-state index in [0.29, 0.717) is 0 Å². The highest BCUT2D eigenvalue weighted by Crippen LogP contribution is 2.21. The number of fused-ring (bicyclic) bond motifs is 1. The third-order valence-electron chi connectivity index (χ3n) is 3.02. The fourth-order valence-electron chi connectivity index (χ4n) is 2.15. The standard InChI is InChI=1S/C12H14N4/c13-10-6-7-11-14-15-12(16(11)8-10)9-4-2-1-3-5-9/h1-5,10H,6-8,13H2/t10-/m1/s1. The van der Waals surface area contributed by atoms with Crippen molar-refractivity contribution in [2.45, 2.75) is 25.4 Å². The van der Waals surface area contributed by atoms with E-state index < -0.39 is 0 Å². The van der Waals surface area contributed by atoms with Crippen LogP contribution < -0.4 is 5.73 Å². The first-order valence-corrected chi connectivity index (χ1v) is 5.57. The molecule has 0 unspecified atom stereocenters. The molecular weight excluding hydrogens is 200 g/mol. The Kier molecular flexibility index (Phi) is 2.22. The van der Waals surface area contributed by atoms with Gasteiger partial charge in [-0.25, -0.2) is 0 Å². The SMILES string of the molecule is N[C@@H]1CCc2nnc(-c3ccccc3)n2C1. The highest BCUT2D eigenvalue weighted by atomic mass is 15.3. The quantitative estimate of drug-likeness (QED) is 0.776. The first-order valence-electron chi connectivity index (χ1n) is 5.57. The molecule has 1 aromatic carbocycles. The summed E-state index contributed by atoms with van der Waals surface area (Å²) < 4.78 is 2.14. The van der Waals surface area contributed by atoms with Gasteiger partial charge in [-0.1, -0.05) is 30.3 Å². The largest absolute Gasteiger partial charge is 0.326 e. The third-order valence-corrected chi connectivity index (χ3v) is 3.02. The third kappa shape index (κ3) is 1.51. The van der Waals surface area contributed by atoms with Crippen LogP contribution in [-0.4, -0.2) is 20.8 Å². The van der Waals surface area contributed by atoms with Gasteiger partial charge in [0.25, 0.3) is 0 Å². The van der Waals surface area contributed by atoms with Crippen molar-refractivity contribution in [1.29, 1.82) is 0 Å². The lowest BCUT2D eigenvalue weighted by atomic mass is 10.1. The molecule has 0 saturated heterocycles. The Bertz CT molecular complexity index is 489. The van der Waals surface area contributed by atoms with Gasteiger partial charge in [-0.15, -0.1) is 10.2 Å². The predicted octanol–water partition coefficient (Wildman–Crippen LogP) is 1.22. The molecule has 1 atom stereocenters. The molecule has 2 aromatic rings. The van der Waals surface area contributed by atoms with Crippen molar-refractivity contribution in [3.8, 4) is 11.4 Å². The summed E-state index contributed by atoms with van der Waals surface area (Å²) in [6, 6.07) is 10.4. The fourth-order valence-corrected chi connectivity index (χ4v) is 2.15. The van der Waals surface area contributed by atoms with E-state index in [1.54, 1.807) is 0 Å². The minimum Gasteiger partial charge on any atom is -0.326 e. The number of aromatic nitrogens is 3. The van der Waals surface area contributed by atoms with Crippen molar-refractivity contribution in [3.63, 3.8) is 0 Å². The number of nitrogens with zero attached hydrogens (tertiary/aromatic N) is 3. The van der Waals surface area contributed by atoms with Gasteiger partial charge in [0, 0.05) is 24.6 Å². The van der Waals surface area contributed by atoms with Crippen LogP contribution in [0.3, 0.4) is 0 Å². The number of hydrogen-bond acceptors (Lipinski definition) is 3. The molecular formula is C12H14N4. The molecule has 82 valence electrons. The van der Waals surface area contributed by atoms with Crippen LogP contribution in [-0.2, 0) is 13.0 Å². The van der Waals surface area contributed by atoms with Gasteiger partial charge in [-0.2, -0.15) is 0 Å². The summed E-state index contributed by atoms with van der Waals surface area (Å²) in [6.07, 6.45) is 1.94. The highest BCUT2D eigenvalue weighted by Gasteiger charge is 2.20. The van der Waals surface area contributed by atoms with Crippen LogP contribution in [0.15, 0.2) is 30.3 Å². The summed E-state index contributed by atoms with van der Waals surface area (Å²) in [5.74, 6) is 1.99. The zero-order valence-corrected chi connectivity index (χ0v) is 9.00. The molecule has 0 radical (unpaired) electrons. The second kappa shape index (κ2) is 3.72. The average Bonchev–Trinajstić information content (AvgIpc) is 2.73. The summed E-state index contributed by atoms with van der Waals surface area (Å²) in [6.45, 7) is 0.826. The minimum atomic E-state index is 0.228. The Labute approximate surface area is 94.1 Å². The van der Waals surface area contributed by atoms with Crippen molar-refractivity contribution >= 4 is 0 Å². The summed E-state index contributed by atoms with van der Waals surface area (Å²) in [5.41, 5.74) is 7.09. The highest BCUT2D eigenvalue weighted by molar-refractivity contribution is 5.55. The lowest BCUT2D eigenvalue weighted by molar-refractivity contribution is 0.456. The Balaban J connectivity index is 2.07. The molecule has 3 rings (SSSR count). The molecule has 0 saturated carbocycles. The maximum absolute atomic E-state index is 5.98. The van der Waals surface area contributed by atoms with Crippen molar-refractivity contribution < 1.29 is 0 Å². The van der Waals surface area contributed by atoms with Gasteiger partial charge >= 0.3 is 0 Å². The average molecular weight is 214 g/mol. The fraction of sp³-hybridized carbons (Fsp3) is 0.333. The zero-order valence-electron chi connectivity index (χ0n) is 9.00. The number of benzene rings is 1. The van der Waals surface area contributed by atoms with Gasteiger partial charge in [-0.3, -0.25) is 0 Å². The van der Waals surface area contributed by atoms with Crippen molar-refractivity contribution in [1.82, 2.24) is 14.8 Å². The Morgan fingerprint density at radius 3 is 2.81 bits per heavy atom. The summed E-state index contributed by atoms with van der Waals surface area (Å²) >= 11 is 0. The Morgan fingerprint density at radius 1 is 1.19 bits per heavy atom. The monoisotopic (exact) mass is 214 g/mol. The van der Waals surface area contributed by atoms with E-state index in [9.17, 15) is 0 Å². The number of rotatable bonds is 1. The molecule has 16 heavy (non-hydrogen) atoms. The molecule has 4 heteroatoms. The molecule has 1 aliphatic rings. The van der Waals surface area contributed by atoms with E-state index in [1.165, 1.54) is 0 Å². The first kappa shape index (κ1) is 9.54. The number of aryl methyl sites for hydroxylation is 1. The lowest BCUT2D eigenvalue weighted by Crippen LogP contribution is -2.32. The van der Waals surface area contributed by atoms with Gasteiger partial charge in [0.1, 0.15) is 5.82 Å². The molecule has 0 spiro atoms. The van der Waals surface area contributed by atoms with Crippen LogP contribution in [0.2, 0.25) is 0 Å². The van der Waals surface area contributed by atoms with Crippen LogP contribution >= 0.6 is 0 Å². The van der Waals surface area contributed by atoms with Gasteiger partial charge in [0.2, 0.25) is 0 Å². The van der Waals surface area contributed by atoms with Crippen LogP contribution in [0, 0.1) is 0 Å². The smallest absolute Gasteiger partial charge is 0.164 e. The van der Waals surface area contributed by atoms with E-state index in [-0.39, 0.29) is 6.04 Å². The molecule has 2 N–H and O–H groups in total. The normalized spacial score (nSPS) is 19.4. The molecule has 1 aromatic heterocycles. The molecule has 1 aliphatic heterocycles. The number of nitrogens with two attached hydrogens (primary N) is 1. The molecule has 4 nitrogen and oxygen atoms in total. The Morgan fingerprint density at radius 2 is 2.00 bits per heavy atom. The zero-order chi connectivity index (χ0) is 11.0. The summed E-state index contributed by atoms with van der Waals surface area (Å²) in [5, 5.41) is 8.48. The van der Waals surface area contributed by atoms with Crippen molar-refractivity contribution in [2.75, 3.05) is 0 Å². The van der Waals surface area contributed by atoms with E-state index in [2.05, 4.69) is 26.9 Å². The van der Waals surface area contributed by atoms with Crippen LogP contribution in [0.1, 0.15) is 12.2 Å². The van der Waals surface area contributed by atoms with Gasteiger partial charge in [0.05, 0.1) is 0 Å². The van der Waals surface area contributed by atoms with Gasteiger partial charge < -0.3 is 10.3 Å². The van der Waals surface area contributed by atoms with Gasteiger partial charge in [0.15, 0.2) is 5.82 Å². The minimum absolute atomic E-state index is 0.228. The molecule has 0 aliphatic carbocycles. The lowest BCUT2D eigenvalue weighted by Gasteiger charge is -2.20. The van der Waals surface area contributed by atoms with E-state index in [0.717, 1.165) is 36.6 Å². The molecule has 0 amide bonds. The van der Waals surface area contributed by atoms with E-state index >= 15 is 0 Å². The van der Waals surface area contributed by atoms with Crippen molar-refractivity contribution in [3.05, 3.63) is 36.2 Å². The van der Waals surface area contributed by atoms with Crippen LogP contribution in [0.5, 0.6) is 0 Å². The van der Waals surface area contributed by atoms with Crippen molar-refractivity contribution in [2.24, 2.45) is 5.73 Å². The summed E-state index contributed by atoms with van der Waals surface area (Å²) in [4.78, 5) is 0. The number of hydrogen-bond donors (Lipinski definition) is 1. The second-order valence-corrected chi connectivity index (χ2v) is 4.22. The Hall–Kier alpha value is -1.68. The van der Waals surface area contributed by atoms with Crippen LogP contribution in [0.25, 0.3) is 11.4 Å². The van der Waals surface area contributed by atoms with E-state index in [1.807, 2.05) is 18.2 Å². The van der Waals surface area contributed by atoms with Crippen LogP contribution in [0.4, 0.5) is 0 Å². The second-order valence-electron chi connectivity index (χ2n) is 4.22. The predicted molar refractivity (Wildman–Crippen MR) is 61.8 cm³/mol. The van der Waals surface area contributed by atoms with Gasteiger partial charge in [-0.05, 0) is 6.42 Å².